The first-order valence-electron chi connectivity index (χ1n) is 7.91. The maximum Gasteiger partial charge on any atom is 0.0443 e. The zero-order valence-corrected chi connectivity index (χ0v) is 13.0. The number of hydrogen-bond acceptors (Lipinski definition) is 2. The van der Waals surface area contributed by atoms with Gasteiger partial charge in [0.05, 0.1) is 0 Å². The van der Waals surface area contributed by atoms with Crippen LogP contribution in [0, 0.1) is 6.92 Å². The molecule has 1 heterocycles. The first kappa shape index (κ1) is 14.2. The van der Waals surface area contributed by atoms with E-state index in [0.717, 1.165) is 13.0 Å². The van der Waals surface area contributed by atoms with Gasteiger partial charge in [0, 0.05) is 24.0 Å². The molecule has 0 radical (unpaired) electrons. The van der Waals surface area contributed by atoms with Crippen LogP contribution >= 0.6 is 0 Å². The van der Waals surface area contributed by atoms with Crippen molar-refractivity contribution in [3.63, 3.8) is 0 Å². The fourth-order valence-corrected chi connectivity index (χ4v) is 3.13. The molecule has 0 fully saturated rings. The normalized spacial score (nSPS) is 15.7. The van der Waals surface area contributed by atoms with Gasteiger partial charge in [-0.15, -0.1) is 0 Å². The monoisotopic (exact) mass is 280 g/mol. The standard InChI is InChI=1S/C19H24N2/c1-3-18(20)15-7-9-17(10-8-15)21-12-4-5-16-13-14(2)6-11-19(16)21/h6-11,13,18H,3-5,12,20H2,1-2H3/t18-/m1/s1. The summed E-state index contributed by atoms with van der Waals surface area (Å²) in [6.45, 7) is 5.39. The molecular formula is C19H24N2. The Morgan fingerprint density at radius 3 is 2.62 bits per heavy atom. The van der Waals surface area contributed by atoms with Crippen LogP contribution in [0.5, 0.6) is 0 Å². The predicted molar refractivity (Wildman–Crippen MR) is 90.2 cm³/mol. The summed E-state index contributed by atoms with van der Waals surface area (Å²) in [4.78, 5) is 2.43. The summed E-state index contributed by atoms with van der Waals surface area (Å²) in [7, 11) is 0. The van der Waals surface area contributed by atoms with Crippen LogP contribution in [-0.2, 0) is 6.42 Å². The van der Waals surface area contributed by atoms with Gasteiger partial charge in [0.1, 0.15) is 0 Å². The van der Waals surface area contributed by atoms with Crippen molar-refractivity contribution in [2.75, 3.05) is 11.4 Å². The fraction of sp³-hybridized carbons (Fsp3) is 0.368. The fourth-order valence-electron chi connectivity index (χ4n) is 3.13. The van der Waals surface area contributed by atoms with Crippen molar-refractivity contribution in [3.05, 3.63) is 59.2 Å². The van der Waals surface area contributed by atoms with Crippen LogP contribution in [0.25, 0.3) is 0 Å². The average molecular weight is 280 g/mol. The van der Waals surface area contributed by atoms with Crippen LogP contribution in [-0.4, -0.2) is 6.54 Å². The molecule has 0 saturated carbocycles. The minimum absolute atomic E-state index is 0.148. The molecule has 2 nitrogen and oxygen atoms in total. The summed E-state index contributed by atoms with van der Waals surface area (Å²) in [6.07, 6.45) is 3.38. The molecule has 1 aliphatic heterocycles. The Labute approximate surface area is 127 Å². The summed E-state index contributed by atoms with van der Waals surface area (Å²) >= 11 is 0. The van der Waals surface area contributed by atoms with Gasteiger partial charge in [0.15, 0.2) is 0 Å². The van der Waals surface area contributed by atoms with Crippen LogP contribution < -0.4 is 10.6 Å². The molecular weight excluding hydrogens is 256 g/mol. The molecule has 3 rings (SSSR count). The molecule has 2 aromatic rings. The lowest BCUT2D eigenvalue weighted by atomic mass is 9.98. The summed E-state index contributed by atoms with van der Waals surface area (Å²) in [6, 6.07) is 15.7. The highest BCUT2D eigenvalue weighted by molar-refractivity contribution is 5.68. The molecule has 1 aliphatic rings. The van der Waals surface area contributed by atoms with Crippen molar-refractivity contribution in [1.82, 2.24) is 0 Å². The maximum atomic E-state index is 6.10. The Morgan fingerprint density at radius 1 is 1.14 bits per heavy atom. The molecule has 1 atom stereocenters. The molecule has 0 spiro atoms. The van der Waals surface area contributed by atoms with Crippen LogP contribution in [0.4, 0.5) is 11.4 Å². The molecule has 21 heavy (non-hydrogen) atoms. The highest BCUT2D eigenvalue weighted by atomic mass is 15.1. The van der Waals surface area contributed by atoms with Crippen molar-refractivity contribution in [2.45, 2.75) is 39.2 Å². The molecule has 0 saturated heterocycles. The molecule has 0 bridgehead atoms. The Balaban J connectivity index is 1.92. The summed E-state index contributed by atoms with van der Waals surface area (Å²) in [5.74, 6) is 0. The number of anilines is 2. The van der Waals surface area contributed by atoms with E-state index in [2.05, 4.69) is 61.2 Å². The van der Waals surface area contributed by atoms with Crippen molar-refractivity contribution in [1.29, 1.82) is 0 Å². The number of rotatable bonds is 3. The molecule has 0 aromatic heterocycles. The average Bonchev–Trinajstić information content (AvgIpc) is 2.53. The van der Waals surface area contributed by atoms with E-state index in [1.54, 1.807) is 0 Å². The topological polar surface area (TPSA) is 29.3 Å². The largest absolute Gasteiger partial charge is 0.341 e. The second-order valence-corrected chi connectivity index (χ2v) is 5.99. The number of nitrogens with zero attached hydrogens (tertiary/aromatic N) is 1. The molecule has 0 aliphatic carbocycles. The lowest BCUT2D eigenvalue weighted by Crippen LogP contribution is -2.24. The van der Waals surface area contributed by atoms with Crippen LogP contribution in [0.1, 0.15) is 42.5 Å². The van der Waals surface area contributed by atoms with Gasteiger partial charge in [0.25, 0.3) is 0 Å². The molecule has 0 unspecified atom stereocenters. The van der Waals surface area contributed by atoms with Gasteiger partial charge in [-0.05, 0) is 55.5 Å². The quantitative estimate of drug-likeness (QED) is 0.897. The maximum absolute atomic E-state index is 6.10. The van der Waals surface area contributed by atoms with Gasteiger partial charge in [-0.2, -0.15) is 0 Å². The zero-order valence-electron chi connectivity index (χ0n) is 13.0. The second-order valence-electron chi connectivity index (χ2n) is 5.99. The Bertz CT molecular complexity index is 616. The first-order chi connectivity index (χ1) is 10.2. The summed E-state index contributed by atoms with van der Waals surface area (Å²) < 4.78 is 0. The van der Waals surface area contributed by atoms with Crippen molar-refractivity contribution < 1.29 is 0 Å². The molecule has 2 aromatic carbocycles. The minimum Gasteiger partial charge on any atom is -0.341 e. The van der Waals surface area contributed by atoms with Gasteiger partial charge in [-0.25, -0.2) is 0 Å². The summed E-state index contributed by atoms with van der Waals surface area (Å²) in [5, 5.41) is 0. The van der Waals surface area contributed by atoms with Gasteiger partial charge in [-0.3, -0.25) is 0 Å². The van der Waals surface area contributed by atoms with Gasteiger partial charge >= 0.3 is 0 Å². The minimum atomic E-state index is 0.148. The first-order valence-corrected chi connectivity index (χ1v) is 7.91. The van der Waals surface area contributed by atoms with Gasteiger partial charge < -0.3 is 10.6 Å². The van der Waals surface area contributed by atoms with E-state index in [-0.39, 0.29) is 6.04 Å². The second kappa shape index (κ2) is 5.90. The van der Waals surface area contributed by atoms with E-state index in [1.807, 2.05) is 0 Å². The number of aryl methyl sites for hydroxylation is 2. The van der Waals surface area contributed by atoms with E-state index in [9.17, 15) is 0 Å². The van der Waals surface area contributed by atoms with E-state index in [1.165, 1.54) is 40.9 Å². The molecule has 0 amide bonds. The highest BCUT2D eigenvalue weighted by Crippen LogP contribution is 2.34. The summed E-state index contributed by atoms with van der Waals surface area (Å²) in [5.41, 5.74) is 12.8. The lowest BCUT2D eigenvalue weighted by Gasteiger charge is -2.32. The van der Waals surface area contributed by atoms with Crippen LogP contribution in [0.15, 0.2) is 42.5 Å². The van der Waals surface area contributed by atoms with Crippen molar-refractivity contribution >= 4 is 11.4 Å². The number of benzene rings is 2. The SMILES string of the molecule is CC[C@@H](N)c1ccc(N2CCCc3cc(C)ccc32)cc1. The van der Waals surface area contributed by atoms with Gasteiger partial charge in [-0.1, -0.05) is 36.8 Å². The number of hydrogen-bond donors (Lipinski definition) is 1. The van der Waals surface area contributed by atoms with E-state index < -0.39 is 0 Å². The third-order valence-electron chi connectivity index (χ3n) is 4.43. The van der Waals surface area contributed by atoms with E-state index in [0.29, 0.717) is 0 Å². The molecule has 110 valence electrons. The smallest absolute Gasteiger partial charge is 0.0443 e. The van der Waals surface area contributed by atoms with E-state index >= 15 is 0 Å². The zero-order chi connectivity index (χ0) is 14.8. The van der Waals surface area contributed by atoms with Gasteiger partial charge in [0.2, 0.25) is 0 Å². The lowest BCUT2D eigenvalue weighted by molar-refractivity contribution is 0.698. The Kier molecular flexibility index (Phi) is 3.98. The third-order valence-corrected chi connectivity index (χ3v) is 4.43. The van der Waals surface area contributed by atoms with Crippen molar-refractivity contribution in [2.24, 2.45) is 5.73 Å². The highest BCUT2D eigenvalue weighted by Gasteiger charge is 2.18. The predicted octanol–water partition coefficient (Wildman–Crippen LogP) is 4.49. The number of nitrogens with two attached hydrogens (primary N) is 1. The molecule has 2 N–H and O–H groups in total. The Morgan fingerprint density at radius 2 is 1.90 bits per heavy atom. The van der Waals surface area contributed by atoms with Crippen LogP contribution in [0.3, 0.4) is 0 Å². The third kappa shape index (κ3) is 2.81. The van der Waals surface area contributed by atoms with E-state index in [4.69, 9.17) is 5.73 Å². The van der Waals surface area contributed by atoms with Crippen molar-refractivity contribution in [3.8, 4) is 0 Å². The Hall–Kier alpha value is -1.80. The number of fused-ring (bicyclic) bond motifs is 1. The van der Waals surface area contributed by atoms with Crippen LogP contribution in [0.2, 0.25) is 0 Å². The molecule has 2 heteroatoms.